The van der Waals surface area contributed by atoms with Crippen LogP contribution >= 0.6 is 24.4 Å². The van der Waals surface area contributed by atoms with Crippen molar-refractivity contribution >= 4 is 45.5 Å². The van der Waals surface area contributed by atoms with Gasteiger partial charge in [-0.2, -0.15) is 0 Å². The lowest BCUT2D eigenvalue weighted by atomic mass is 9.72. The van der Waals surface area contributed by atoms with Crippen LogP contribution in [-0.2, 0) is 4.84 Å². The molecule has 2 fully saturated rings. The van der Waals surface area contributed by atoms with Gasteiger partial charge in [0, 0.05) is 41.3 Å². The fraction of sp³-hybridized carbons (Fsp3) is 0.405. The van der Waals surface area contributed by atoms with E-state index in [2.05, 4.69) is 98.5 Å². The Morgan fingerprint density at radius 2 is 1.50 bits per heavy atom. The average molecular weight is 597 g/mol. The van der Waals surface area contributed by atoms with Crippen LogP contribution in [0.3, 0.4) is 0 Å². The normalized spacial score (nSPS) is 19.2. The largest absolute Gasteiger partial charge is 0.387 e. The summed E-state index contributed by atoms with van der Waals surface area (Å²) < 4.78 is 0. The Bertz CT molecular complexity index is 1410. The standard InChI is InChI=1S/C37H44N2OS2/c1-25(2)27-10-7-11-28(22-27)33-16-5-6-17-34(33)29-12-9-15-32(24-29)39(4)21-20-26(3)40-38-31-14-8-13-30(23-31)37-35(41)18-19-36(37)42/h7-15,22-25,33-34,37-38H,3,5-6,16-21H2,1-2,4H3. The lowest BCUT2D eigenvalue weighted by Crippen LogP contribution is -2.21. The zero-order chi connectivity index (χ0) is 29.6. The molecule has 0 aliphatic heterocycles. The summed E-state index contributed by atoms with van der Waals surface area (Å²) in [6.07, 6.45) is 7.67. The molecule has 1 N–H and O–H groups in total. The Morgan fingerprint density at radius 3 is 2.19 bits per heavy atom. The van der Waals surface area contributed by atoms with E-state index in [0.29, 0.717) is 23.5 Å². The van der Waals surface area contributed by atoms with Gasteiger partial charge in [-0.15, -0.1) is 0 Å². The number of hydrogen-bond donors (Lipinski definition) is 1. The Hall–Kier alpha value is -3.02. The number of nitrogens with one attached hydrogen (secondary N) is 1. The average Bonchev–Trinajstić information content (AvgIpc) is 3.36. The van der Waals surface area contributed by atoms with E-state index in [0.717, 1.165) is 46.8 Å². The van der Waals surface area contributed by atoms with E-state index >= 15 is 0 Å². The summed E-state index contributed by atoms with van der Waals surface area (Å²) in [6, 6.07) is 26.7. The van der Waals surface area contributed by atoms with Crippen LogP contribution in [-0.4, -0.2) is 23.3 Å². The number of thiocarbonyl (C=S) groups is 2. The Morgan fingerprint density at radius 1 is 0.881 bits per heavy atom. The van der Waals surface area contributed by atoms with Gasteiger partial charge in [-0.1, -0.05) is 106 Å². The predicted octanol–water partition coefficient (Wildman–Crippen LogP) is 10.3. The van der Waals surface area contributed by atoms with Gasteiger partial charge in [0.2, 0.25) is 0 Å². The number of anilines is 2. The van der Waals surface area contributed by atoms with Crippen molar-refractivity contribution in [3.63, 3.8) is 0 Å². The van der Waals surface area contributed by atoms with E-state index < -0.39 is 0 Å². The molecule has 3 nitrogen and oxygen atoms in total. The first-order valence-electron chi connectivity index (χ1n) is 15.5. The first kappa shape index (κ1) is 30.4. The maximum atomic E-state index is 5.86. The zero-order valence-corrected chi connectivity index (χ0v) is 26.9. The Balaban J connectivity index is 1.18. The smallest absolute Gasteiger partial charge is 0.126 e. The van der Waals surface area contributed by atoms with Crippen LogP contribution < -0.4 is 10.4 Å². The molecule has 220 valence electrons. The molecule has 0 spiro atoms. The molecule has 0 radical (unpaired) electrons. The van der Waals surface area contributed by atoms with Crippen molar-refractivity contribution in [2.24, 2.45) is 0 Å². The van der Waals surface area contributed by atoms with Crippen molar-refractivity contribution in [1.29, 1.82) is 0 Å². The van der Waals surface area contributed by atoms with Crippen molar-refractivity contribution in [3.8, 4) is 0 Å². The van der Waals surface area contributed by atoms with Crippen LogP contribution in [0.25, 0.3) is 0 Å². The fourth-order valence-corrected chi connectivity index (χ4v) is 7.38. The number of hydrogen-bond acceptors (Lipinski definition) is 5. The maximum Gasteiger partial charge on any atom is 0.126 e. The molecule has 3 aromatic carbocycles. The molecular weight excluding hydrogens is 553 g/mol. The highest BCUT2D eigenvalue weighted by Crippen LogP contribution is 2.45. The maximum absolute atomic E-state index is 5.86. The number of rotatable bonds is 11. The Labute approximate surface area is 263 Å². The second-order valence-corrected chi connectivity index (χ2v) is 13.4. The minimum atomic E-state index is 0.0958. The highest BCUT2D eigenvalue weighted by molar-refractivity contribution is 7.82. The van der Waals surface area contributed by atoms with Crippen molar-refractivity contribution in [2.45, 2.75) is 82.5 Å². The molecular formula is C37H44N2OS2. The van der Waals surface area contributed by atoms with Crippen molar-refractivity contribution in [2.75, 3.05) is 24.0 Å². The number of nitrogens with zero attached hydrogens (tertiary/aromatic N) is 1. The topological polar surface area (TPSA) is 24.5 Å². The third kappa shape index (κ3) is 7.30. The summed E-state index contributed by atoms with van der Waals surface area (Å²) in [5.74, 6) is 2.49. The lowest BCUT2D eigenvalue weighted by Gasteiger charge is -2.33. The fourth-order valence-electron chi connectivity index (χ4n) is 6.54. The van der Waals surface area contributed by atoms with Gasteiger partial charge in [0.05, 0.1) is 5.69 Å². The van der Waals surface area contributed by atoms with E-state index in [1.54, 1.807) is 0 Å². The molecule has 0 heterocycles. The van der Waals surface area contributed by atoms with Crippen LogP contribution in [0.2, 0.25) is 0 Å². The third-order valence-corrected chi connectivity index (χ3v) is 9.91. The summed E-state index contributed by atoms with van der Waals surface area (Å²) >= 11 is 11.2. The molecule has 5 rings (SSSR count). The van der Waals surface area contributed by atoms with Gasteiger partial charge >= 0.3 is 0 Å². The molecule has 2 atom stereocenters. The molecule has 0 aromatic heterocycles. The van der Waals surface area contributed by atoms with Crippen LogP contribution in [0.5, 0.6) is 0 Å². The molecule has 5 heteroatoms. The summed E-state index contributed by atoms with van der Waals surface area (Å²) in [5.41, 5.74) is 10.7. The monoisotopic (exact) mass is 596 g/mol. The van der Waals surface area contributed by atoms with E-state index in [4.69, 9.17) is 29.3 Å². The van der Waals surface area contributed by atoms with Gasteiger partial charge in [0.1, 0.15) is 5.76 Å². The van der Waals surface area contributed by atoms with Gasteiger partial charge < -0.3 is 9.74 Å². The van der Waals surface area contributed by atoms with Gasteiger partial charge in [-0.3, -0.25) is 0 Å². The molecule has 3 aromatic rings. The molecule has 2 aliphatic rings. The van der Waals surface area contributed by atoms with E-state index in [9.17, 15) is 0 Å². The highest BCUT2D eigenvalue weighted by Gasteiger charge is 2.29. The molecule has 2 saturated carbocycles. The second kappa shape index (κ2) is 14.0. The minimum Gasteiger partial charge on any atom is -0.387 e. The molecule has 0 bridgehead atoms. The van der Waals surface area contributed by atoms with E-state index in [1.165, 1.54) is 48.1 Å². The van der Waals surface area contributed by atoms with E-state index in [1.807, 2.05) is 12.1 Å². The minimum absolute atomic E-state index is 0.0958. The highest BCUT2D eigenvalue weighted by atomic mass is 32.1. The first-order valence-corrected chi connectivity index (χ1v) is 16.3. The van der Waals surface area contributed by atoms with Crippen LogP contribution in [0.1, 0.15) is 105 Å². The molecule has 2 aliphatic carbocycles. The van der Waals surface area contributed by atoms with Gasteiger partial charge in [0.25, 0.3) is 0 Å². The molecule has 42 heavy (non-hydrogen) atoms. The van der Waals surface area contributed by atoms with Gasteiger partial charge in [0.15, 0.2) is 0 Å². The molecule has 0 saturated heterocycles. The summed E-state index contributed by atoms with van der Waals surface area (Å²) in [5, 5.41) is 0. The van der Waals surface area contributed by atoms with Gasteiger partial charge in [-0.05, 0) is 90.0 Å². The number of benzene rings is 3. The Kier molecular flexibility index (Phi) is 10.1. The molecule has 2 unspecified atom stereocenters. The van der Waals surface area contributed by atoms with Gasteiger partial charge in [-0.25, -0.2) is 5.48 Å². The zero-order valence-electron chi connectivity index (χ0n) is 25.3. The second-order valence-electron chi connectivity index (χ2n) is 12.3. The molecule has 0 amide bonds. The third-order valence-electron chi connectivity index (χ3n) is 9.03. The van der Waals surface area contributed by atoms with Crippen molar-refractivity contribution in [1.82, 2.24) is 0 Å². The predicted molar refractivity (Wildman–Crippen MR) is 186 cm³/mol. The van der Waals surface area contributed by atoms with Crippen molar-refractivity contribution in [3.05, 3.63) is 107 Å². The quantitative estimate of drug-likeness (QED) is 0.135. The van der Waals surface area contributed by atoms with Crippen molar-refractivity contribution < 1.29 is 4.84 Å². The van der Waals surface area contributed by atoms with Crippen LogP contribution in [0, 0.1) is 0 Å². The van der Waals surface area contributed by atoms with Crippen LogP contribution in [0.15, 0.2) is 85.1 Å². The lowest BCUT2D eigenvalue weighted by molar-refractivity contribution is 0.274. The first-order chi connectivity index (χ1) is 20.3. The summed E-state index contributed by atoms with van der Waals surface area (Å²) in [6.45, 7) is 9.55. The summed E-state index contributed by atoms with van der Waals surface area (Å²) in [7, 11) is 2.15. The van der Waals surface area contributed by atoms with Crippen LogP contribution in [0.4, 0.5) is 11.4 Å². The SMILES string of the molecule is C=C(CCN(C)c1cccc(C2CCCCC2c2cccc(C(C)C)c2)c1)ONc1cccc(C2C(=S)CCC2=S)c1. The summed E-state index contributed by atoms with van der Waals surface area (Å²) in [4.78, 5) is 10.2. The van der Waals surface area contributed by atoms with E-state index in [-0.39, 0.29) is 5.92 Å².